The molecule has 44 heavy (non-hydrogen) atoms. The highest BCUT2D eigenvalue weighted by Crippen LogP contribution is 2.68. The number of para-hydroxylation sites is 1. The van der Waals surface area contributed by atoms with E-state index in [1.54, 1.807) is 0 Å². The largest absolute Gasteiger partial charge is 0.463 e. The number of amides is 2. The van der Waals surface area contributed by atoms with Crippen molar-refractivity contribution in [3.05, 3.63) is 125 Å². The Kier molecular flexibility index (Phi) is 6.99. The second kappa shape index (κ2) is 10.6. The van der Waals surface area contributed by atoms with Crippen molar-refractivity contribution in [1.82, 2.24) is 5.32 Å². The van der Waals surface area contributed by atoms with Crippen molar-refractivity contribution in [2.45, 2.75) is 75.9 Å². The molecule has 0 radical (unpaired) electrons. The molecule has 1 aliphatic heterocycles. The van der Waals surface area contributed by atoms with Crippen molar-refractivity contribution in [2.24, 2.45) is 0 Å². The van der Waals surface area contributed by atoms with Gasteiger partial charge < -0.3 is 19.7 Å². The quantitative estimate of drug-likeness (QED) is 0.215. The number of hydrogen-bond donors (Lipinski definition) is 2. The minimum Gasteiger partial charge on any atom is -0.417 e. The van der Waals surface area contributed by atoms with Crippen LogP contribution in [-0.2, 0) is 20.8 Å². The molecular weight excluding hydrogens is 567 g/mol. The molecule has 2 amide bonds. The zero-order chi connectivity index (χ0) is 30.7. The predicted octanol–water partition coefficient (Wildman–Crippen LogP) is 9.30. The Hall–Kier alpha value is -3.86. The van der Waals surface area contributed by atoms with Crippen LogP contribution in [0.25, 0.3) is 0 Å². The van der Waals surface area contributed by atoms with Gasteiger partial charge in [-0.15, -0.1) is 0 Å². The molecule has 2 aliphatic carbocycles. The molecular formula is C37H39N2O4P. The molecule has 7 rings (SSSR count). The second-order valence-corrected chi connectivity index (χ2v) is 14.7. The molecule has 0 fully saturated rings. The van der Waals surface area contributed by atoms with E-state index in [1.165, 1.54) is 22.3 Å². The lowest BCUT2D eigenvalue weighted by Crippen LogP contribution is -2.40. The maximum atomic E-state index is 13.0. The van der Waals surface area contributed by atoms with Gasteiger partial charge in [0.15, 0.2) is 0 Å². The van der Waals surface area contributed by atoms with Gasteiger partial charge in [-0.1, -0.05) is 100 Å². The fourth-order valence-corrected chi connectivity index (χ4v) is 9.18. The third kappa shape index (κ3) is 4.85. The van der Waals surface area contributed by atoms with Gasteiger partial charge in [0.1, 0.15) is 17.6 Å². The topological polar surface area (TPSA) is 68.8 Å². The van der Waals surface area contributed by atoms with Crippen LogP contribution < -0.4 is 19.7 Å². The molecule has 4 aromatic carbocycles. The molecule has 7 heteroatoms. The molecule has 4 aromatic rings. The van der Waals surface area contributed by atoms with E-state index < -0.39 is 20.7 Å². The molecule has 3 aliphatic rings. The number of nitrogens with one attached hydrogen (secondary N) is 2. The van der Waals surface area contributed by atoms with Crippen molar-refractivity contribution in [3.63, 3.8) is 0 Å². The first kappa shape index (κ1) is 28.9. The third-order valence-corrected chi connectivity index (χ3v) is 10.6. The second-order valence-electron chi connectivity index (χ2n) is 13.7. The number of urea groups is 1. The monoisotopic (exact) mass is 606 g/mol. The normalized spacial score (nSPS) is 19.7. The maximum Gasteiger partial charge on any atom is 0.463 e. The van der Waals surface area contributed by atoms with E-state index in [-0.39, 0.29) is 22.3 Å². The standard InChI is InChI=1S/C37H39N2O4P/c1-24(38-34(40)39-26-16-10-7-11-17-26)33(25-14-8-6-9-15-25)43-44-41-29-20-12-18-27-31(29)37(22-35(27,2)3)23-36(4,5)28-19-13-21-30(42-44)32(28)37/h6-21,24,33H,22-23H2,1-5H3,(H2,38,39,40)/t24-,33-,37?/m1/s1. The Labute approximate surface area is 261 Å². The van der Waals surface area contributed by atoms with Crippen molar-refractivity contribution < 1.29 is 18.4 Å². The van der Waals surface area contributed by atoms with Crippen LogP contribution in [0.2, 0.25) is 0 Å². The van der Waals surface area contributed by atoms with Gasteiger partial charge in [0.25, 0.3) is 0 Å². The lowest BCUT2D eigenvalue weighted by molar-refractivity contribution is 0.145. The Morgan fingerprint density at radius 3 is 1.82 bits per heavy atom. The summed E-state index contributed by atoms with van der Waals surface area (Å²) in [5.41, 5.74) is 6.60. The fraction of sp³-hybridized carbons (Fsp3) is 0.324. The Bertz CT molecular complexity index is 1630. The molecule has 0 bridgehead atoms. The highest BCUT2D eigenvalue weighted by Gasteiger charge is 2.59. The van der Waals surface area contributed by atoms with E-state index in [4.69, 9.17) is 13.6 Å². The smallest absolute Gasteiger partial charge is 0.417 e. The van der Waals surface area contributed by atoms with E-state index in [0.29, 0.717) is 0 Å². The summed E-state index contributed by atoms with van der Waals surface area (Å²) in [4.78, 5) is 13.0. The number of carbonyl (C=O) groups is 1. The Morgan fingerprint density at radius 1 is 0.750 bits per heavy atom. The van der Waals surface area contributed by atoms with Gasteiger partial charge in [0.2, 0.25) is 0 Å². The van der Waals surface area contributed by atoms with Crippen molar-refractivity contribution in [3.8, 4) is 11.5 Å². The number of benzene rings is 4. The molecule has 226 valence electrons. The molecule has 0 saturated carbocycles. The van der Waals surface area contributed by atoms with E-state index in [9.17, 15) is 4.79 Å². The summed E-state index contributed by atoms with van der Waals surface area (Å²) < 4.78 is 20.4. The summed E-state index contributed by atoms with van der Waals surface area (Å²) in [5.74, 6) is 1.65. The van der Waals surface area contributed by atoms with Crippen LogP contribution in [0.4, 0.5) is 10.5 Å². The zero-order valence-corrected chi connectivity index (χ0v) is 26.8. The fourth-order valence-electron chi connectivity index (χ4n) is 7.94. The minimum absolute atomic E-state index is 0.0232. The van der Waals surface area contributed by atoms with Crippen LogP contribution in [0, 0.1) is 0 Å². The molecule has 0 saturated heterocycles. The number of rotatable bonds is 6. The molecule has 2 atom stereocenters. The van der Waals surface area contributed by atoms with E-state index in [0.717, 1.165) is 35.6 Å². The van der Waals surface area contributed by atoms with Crippen molar-refractivity contribution in [2.75, 3.05) is 5.32 Å². The first-order valence-electron chi connectivity index (χ1n) is 15.4. The van der Waals surface area contributed by atoms with Crippen LogP contribution in [0.5, 0.6) is 11.5 Å². The average molecular weight is 607 g/mol. The molecule has 0 unspecified atom stereocenters. The predicted molar refractivity (Wildman–Crippen MR) is 175 cm³/mol. The van der Waals surface area contributed by atoms with Crippen LogP contribution in [0.15, 0.2) is 97.1 Å². The van der Waals surface area contributed by atoms with Gasteiger partial charge in [-0.3, -0.25) is 4.52 Å². The molecule has 1 heterocycles. The Morgan fingerprint density at radius 2 is 1.27 bits per heavy atom. The lowest BCUT2D eigenvalue weighted by Gasteiger charge is -2.35. The summed E-state index contributed by atoms with van der Waals surface area (Å²) in [6.45, 7) is 11.3. The van der Waals surface area contributed by atoms with Crippen LogP contribution in [-0.4, -0.2) is 12.1 Å². The number of carbonyl (C=O) groups excluding carboxylic acids is 1. The van der Waals surface area contributed by atoms with Crippen molar-refractivity contribution in [1.29, 1.82) is 0 Å². The number of hydrogen-bond acceptors (Lipinski definition) is 4. The molecule has 1 spiro atoms. The average Bonchev–Trinajstić information content (AvgIpc) is 3.36. The molecule has 0 aromatic heterocycles. The Balaban J connectivity index is 1.27. The molecule has 6 nitrogen and oxygen atoms in total. The SMILES string of the molecule is C[C@@H](NC(=O)Nc1ccccc1)[C@@H](OP1Oc2cccc3c2C2(CC3(C)C)CC(C)(C)c3cccc(c32)O1)c1ccccc1. The summed E-state index contributed by atoms with van der Waals surface area (Å²) in [6, 6.07) is 31.5. The van der Waals surface area contributed by atoms with Gasteiger partial charge in [0, 0.05) is 22.2 Å². The lowest BCUT2D eigenvalue weighted by atomic mass is 9.72. The summed E-state index contributed by atoms with van der Waals surface area (Å²) in [5, 5.41) is 5.99. The molecule has 2 N–H and O–H groups in total. The van der Waals surface area contributed by atoms with Gasteiger partial charge in [-0.2, -0.15) is 0 Å². The minimum atomic E-state index is -1.90. The van der Waals surface area contributed by atoms with Gasteiger partial charge in [-0.25, -0.2) is 4.79 Å². The zero-order valence-electron chi connectivity index (χ0n) is 25.9. The number of anilines is 1. The van der Waals surface area contributed by atoms with E-state index in [2.05, 4.69) is 74.7 Å². The van der Waals surface area contributed by atoms with Gasteiger partial charge in [-0.05, 0) is 71.6 Å². The summed E-state index contributed by atoms with van der Waals surface area (Å²) >= 11 is 0. The third-order valence-electron chi connectivity index (χ3n) is 9.47. The van der Waals surface area contributed by atoms with Gasteiger partial charge in [0.05, 0.1) is 6.04 Å². The highest BCUT2D eigenvalue weighted by molar-refractivity contribution is 7.42. The first-order chi connectivity index (χ1) is 21.1. The van der Waals surface area contributed by atoms with Crippen molar-refractivity contribution >= 4 is 20.3 Å². The first-order valence-corrected chi connectivity index (χ1v) is 16.5. The van der Waals surface area contributed by atoms with Gasteiger partial charge >= 0.3 is 14.6 Å². The van der Waals surface area contributed by atoms with Crippen LogP contribution >= 0.6 is 8.60 Å². The summed E-state index contributed by atoms with van der Waals surface area (Å²) in [7, 11) is -1.90. The van der Waals surface area contributed by atoms with E-state index >= 15 is 0 Å². The maximum absolute atomic E-state index is 13.0. The van der Waals surface area contributed by atoms with Crippen LogP contribution in [0.1, 0.15) is 81.4 Å². The summed E-state index contributed by atoms with van der Waals surface area (Å²) in [6.07, 6.45) is 1.46. The highest BCUT2D eigenvalue weighted by atomic mass is 31.2. The van der Waals surface area contributed by atoms with E-state index in [1.807, 2.05) is 67.6 Å². The van der Waals surface area contributed by atoms with Crippen LogP contribution in [0.3, 0.4) is 0 Å².